The Balaban J connectivity index is 2.89. The lowest BCUT2D eigenvalue weighted by Crippen LogP contribution is -2.06. The summed E-state index contributed by atoms with van der Waals surface area (Å²) in [4.78, 5) is 11.2. The van der Waals surface area contributed by atoms with Crippen LogP contribution >= 0.6 is 0 Å². The van der Waals surface area contributed by atoms with Gasteiger partial charge in [0.2, 0.25) is 0 Å². The van der Waals surface area contributed by atoms with Crippen molar-refractivity contribution in [2.45, 2.75) is 20.0 Å². The van der Waals surface area contributed by atoms with E-state index in [1.54, 1.807) is 19.1 Å². The molecule has 0 saturated carbocycles. The molecule has 1 atom stereocenters. The highest BCUT2D eigenvalue weighted by Gasteiger charge is 2.24. The average molecular weight is 194 g/mol. The smallest absolute Gasteiger partial charge is 0.338 e. The fourth-order valence-electron chi connectivity index (χ4n) is 1.21. The molecule has 0 aromatic heterocycles. The summed E-state index contributed by atoms with van der Waals surface area (Å²) < 4.78 is 4.82. The molecule has 0 saturated heterocycles. The largest absolute Gasteiger partial charge is 0.457 e. The Labute approximate surface area is 83.4 Å². The van der Waals surface area contributed by atoms with Crippen molar-refractivity contribution < 1.29 is 14.6 Å². The molecular formula is C11H14O3. The molecule has 1 rings (SSSR count). The van der Waals surface area contributed by atoms with Crippen LogP contribution in [0.3, 0.4) is 0 Å². The number of rotatable bonds is 3. The van der Waals surface area contributed by atoms with Gasteiger partial charge in [0.25, 0.3) is 0 Å². The second-order valence-corrected chi connectivity index (χ2v) is 3.08. The summed E-state index contributed by atoms with van der Waals surface area (Å²) in [6, 6.07) is 0. The summed E-state index contributed by atoms with van der Waals surface area (Å²) in [6.07, 6.45) is 6.46. The molecule has 76 valence electrons. The van der Waals surface area contributed by atoms with Crippen LogP contribution in [0.25, 0.3) is 0 Å². The van der Waals surface area contributed by atoms with Gasteiger partial charge >= 0.3 is 5.97 Å². The topological polar surface area (TPSA) is 46.5 Å². The number of esters is 1. The lowest BCUT2D eigenvalue weighted by atomic mass is 10.1. The third-order valence-corrected chi connectivity index (χ3v) is 2.00. The summed E-state index contributed by atoms with van der Waals surface area (Å²) in [5.74, 6) is -0.360. The van der Waals surface area contributed by atoms with Crippen molar-refractivity contribution >= 4 is 5.97 Å². The average Bonchev–Trinajstić information content (AvgIpc) is 2.48. The van der Waals surface area contributed by atoms with Crippen molar-refractivity contribution in [3.8, 4) is 0 Å². The predicted molar refractivity (Wildman–Crippen MR) is 53.6 cm³/mol. The van der Waals surface area contributed by atoms with Crippen molar-refractivity contribution in [1.82, 2.24) is 0 Å². The zero-order valence-corrected chi connectivity index (χ0v) is 8.36. The van der Waals surface area contributed by atoms with E-state index in [1.807, 2.05) is 19.1 Å². The first kappa shape index (κ1) is 10.7. The fraction of sp³-hybridized carbons (Fsp3) is 0.364. The molecular weight excluding hydrogens is 180 g/mol. The molecule has 3 nitrogen and oxygen atoms in total. The number of hydrogen-bond donors (Lipinski definition) is 1. The summed E-state index contributed by atoms with van der Waals surface area (Å²) in [6.45, 7) is 3.72. The van der Waals surface area contributed by atoms with Crippen LogP contribution in [0.1, 0.15) is 13.8 Å². The number of carbonyl (C=O) groups excluding carboxylic acids is 1. The molecule has 0 amide bonds. The molecule has 1 heterocycles. The van der Waals surface area contributed by atoms with Gasteiger partial charge in [-0.1, -0.05) is 18.2 Å². The fourth-order valence-corrected chi connectivity index (χ4v) is 1.21. The molecule has 1 N–H and O–H groups in total. The number of carbonyl (C=O) groups is 1. The van der Waals surface area contributed by atoms with Crippen molar-refractivity contribution in [2.24, 2.45) is 0 Å². The number of allylic oxidation sites excluding steroid dienone is 3. The van der Waals surface area contributed by atoms with Crippen molar-refractivity contribution in [2.75, 3.05) is 6.61 Å². The Morgan fingerprint density at radius 1 is 1.50 bits per heavy atom. The Hall–Kier alpha value is -1.35. The highest BCUT2D eigenvalue weighted by atomic mass is 16.5. The van der Waals surface area contributed by atoms with Gasteiger partial charge in [-0.05, 0) is 19.9 Å². The maximum Gasteiger partial charge on any atom is 0.338 e. The van der Waals surface area contributed by atoms with Gasteiger partial charge in [-0.25, -0.2) is 4.79 Å². The Bertz CT molecular complexity index is 308. The van der Waals surface area contributed by atoms with E-state index in [0.29, 0.717) is 11.1 Å². The number of hydrogen-bond acceptors (Lipinski definition) is 3. The highest BCUT2D eigenvalue weighted by Crippen LogP contribution is 2.20. The molecule has 0 aromatic carbocycles. The van der Waals surface area contributed by atoms with E-state index >= 15 is 0 Å². The van der Waals surface area contributed by atoms with Gasteiger partial charge < -0.3 is 9.84 Å². The normalized spacial score (nSPS) is 19.8. The standard InChI is InChI=1S/C11H14O3/c1-3-4-5-6-9-10(8(2)12)7-14-11(9)13/h3-6,8,12H,7H2,1-2H3. The quantitative estimate of drug-likeness (QED) is 0.545. The van der Waals surface area contributed by atoms with Gasteiger partial charge in [0, 0.05) is 5.57 Å². The third kappa shape index (κ3) is 2.33. The minimum atomic E-state index is -0.633. The van der Waals surface area contributed by atoms with Gasteiger partial charge in [-0.2, -0.15) is 0 Å². The number of ether oxygens (including phenoxy) is 1. The Kier molecular flexibility index (Phi) is 3.65. The highest BCUT2D eigenvalue weighted by molar-refractivity contribution is 5.95. The van der Waals surface area contributed by atoms with E-state index in [4.69, 9.17) is 4.74 Å². The Morgan fingerprint density at radius 3 is 2.79 bits per heavy atom. The minimum Gasteiger partial charge on any atom is -0.457 e. The SMILES string of the molecule is CC=CC=CC1=C(C(C)O)COC1=O. The summed E-state index contributed by atoms with van der Waals surface area (Å²) >= 11 is 0. The van der Waals surface area contributed by atoms with E-state index in [1.165, 1.54) is 0 Å². The van der Waals surface area contributed by atoms with Gasteiger partial charge in [0.1, 0.15) is 6.61 Å². The second kappa shape index (κ2) is 4.77. The maximum absolute atomic E-state index is 11.2. The van der Waals surface area contributed by atoms with Crippen LogP contribution in [-0.4, -0.2) is 23.8 Å². The lowest BCUT2D eigenvalue weighted by molar-refractivity contribution is -0.135. The molecule has 0 spiro atoms. The zero-order chi connectivity index (χ0) is 10.6. The van der Waals surface area contributed by atoms with Crippen LogP contribution in [0.15, 0.2) is 35.5 Å². The zero-order valence-electron chi connectivity index (χ0n) is 8.36. The molecule has 0 bridgehead atoms. The number of aliphatic hydroxyl groups excluding tert-OH is 1. The van der Waals surface area contributed by atoms with Crippen molar-refractivity contribution in [3.63, 3.8) is 0 Å². The third-order valence-electron chi connectivity index (χ3n) is 2.00. The van der Waals surface area contributed by atoms with Gasteiger partial charge in [0.05, 0.1) is 11.7 Å². The van der Waals surface area contributed by atoms with E-state index in [9.17, 15) is 9.90 Å². The minimum absolute atomic E-state index is 0.200. The van der Waals surface area contributed by atoms with Crippen molar-refractivity contribution in [1.29, 1.82) is 0 Å². The first-order valence-electron chi connectivity index (χ1n) is 4.54. The summed E-state index contributed by atoms with van der Waals surface area (Å²) in [5, 5.41) is 9.35. The molecule has 0 fully saturated rings. The Morgan fingerprint density at radius 2 is 2.21 bits per heavy atom. The van der Waals surface area contributed by atoms with Crippen LogP contribution in [0.4, 0.5) is 0 Å². The monoisotopic (exact) mass is 194 g/mol. The number of aliphatic hydroxyl groups is 1. The second-order valence-electron chi connectivity index (χ2n) is 3.08. The molecule has 1 unspecified atom stereocenters. The van der Waals surface area contributed by atoms with Gasteiger partial charge in [-0.15, -0.1) is 0 Å². The number of cyclic esters (lactones) is 1. The van der Waals surface area contributed by atoms with Crippen LogP contribution in [0.5, 0.6) is 0 Å². The molecule has 1 aliphatic heterocycles. The van der Waals surface area contributed by atoms with Crippen LogP contribution in [0.2, 0.25) is 0 Å². The molecule has 0 radical (unpaired) electrons. The molecule has 1 aliphatic rings. The lowest BCUT2D eigenvalue weighted by Gasteiger charge is -2.02. The predicted octanol–water partition coefficient (Wildman–Crippen LogP) is 1.35. The van der Waals surface area contributed by atoms with E-state index in [-0.39, 0.29) is 12.6 Å². The summed E-state index contributed by atoms with van der Waals surface area (Å²) in [5.41, 5.74) is 1.12. The van der Waals surface area contributed by atoms with E-state index < -0.39 is 6.10 Å². The maximum atomic E-state index is 11.2. The van der Waals surface area contributed by atoms with Crippen LogP contribution in [-0.2, 0) is 9.53 Å². The van der Waals surface area contributed by atoms with Crippen molar-refractivity contribution in [3.05, 3.63) is 35.5 Å². The van der Waals surface area contributed by atoms with Gasteiger partial charge in [-0.3, -0.25) is 0 Å². The van der Waals surface area contributed by atoms with Crippen LogP contribution < -0.4 is 0 Å². The molecule has 0 aromatic rings. The molecule has 0 aliphatic carbocycles. The first-order valence-corrected chi connectivity index (χ1v) is 4.54. The first-order chi connectivity index (χ1) is 6.66. The molecule has 14 heavy (non-hydrogen) atoms. The van der Waals surface area contributed by atoms with E-state index in [2.05, 4.69) is 0 Å². The van der Waals surface area contributed by atoms with Gasteiger partial charge in [0.15, 0.2) is 0 Å². The molecule has 3 heteroatoms. The van der Waals surface area contributed by atoms with E-state index in [0.717, 1.165) is 0 Å². The van der Waals surface area contributed by atoms with Crippen LogP contribution in [0, 0.1) is 0 Å². The summed E-state index contributed by atoms with van der Waals surface area (Å²) in [7, 11) is 0.